The number of benzene rings is 2. The van der Waals surface area contributed by atoms with Crippen molar-refractivity contribution in [3.63, 3.8) is 0 Å². The molecule has 1 aliphatic carbocycles. The summed E-state index contributed by atoms with van der Waals surface area (Å²) in [4.78, 5) is 2.45. The van der Waals surface area contributed by atoms with Gasteiger partial charge in [-0.25, -0.2) is 4.68 Å². The molecule has 1 N–H and O–H groups in total. The van der Waals surface area contributed by atoms with Crippen LogP contribution in [-0.2, 0) is 12.1 Å². The lowest BCUT2D eigenvalue weighted by molar-refractivity contribution is -0.0215. The van der Waals surface area contributed by atoms with Crippen LogP contribution in [0, 0.1) is 0 Å². The highest BCUT2D eigenvalue weighted by Gasteiger charge is 2.45. The van der Waals surface area contributed by atoms with Crippen LogP contribution in [-0.4, -0.2) is 31.5 Å². The van der Waals surface area contributed by atoms with Gasteiger partial charge in [0.15, 0.2) is 0 Å². The molecule has 1 atom stereocenters. The Morgan fingerprint density at radius 1 is 1.07 bits per heavy atom. The van der Waals surface area contributed by atoms with Crippen LogP contribution in [0.15, 0.2) is 59.2 Å². The second kappa shape index (κ2) is 7.67. The normalized spacial score (nSPS) is 21.2. The Labute approximate surface area is 179 Å². The highest BCUT2D eigenvalue weighted by molar-refractivity contribution is 9.10. The van der Waals surface area contributed by atoms with Crippen molar-refractivity contribution in [2.24, 2.45) is 0 Å². The van der Waals surface area contributed by atoms with Crippen LogP contribution >= 0.6 is 15.9 Å². The Hall–Kier alpha value is -2.02. The van der Waals surface area contributed by atoms with E-state index in [0.717, 1.165) is 34.3 Å². The van der Waals surface area contributed by atoms with E-state index in [4.69, 9.17) is 0 Å². The molecule has 0 bridgehead atoms. The summed E-state index contributed by atoms with van der Waals surface area (Å²) in [6.45, 7) is 1.33. The molecule has 6 heteroatoms. The summed E-state index contributed by atoms with van der Waals surface area (Å²) >= 11 is 3.52. The van der Waals surface area contributed by atoms with Crippen LogP contribution in [0.25, 0.3) is 5.69 Å². The molecule has 29 heavy (non-hydrogen) atoms. The molecule has 3 aromatic rings. The van der Waals surface area contributed by atoms with Gasteiger partial charge in [0.1, 0.15) is 0 Å². The topological polar surface area (TPSA) is 54.2 Å². The van der Waals surface area contributed by atoms with Crippen molar-refractivity contribution in [2.75, 3.05) is 6.54 Å². The Kier molecular flexibility index (Phi) is 5.02. The predicted octanol–water partition coefficient (Wildman–Crippen LogP) is 4.74. The Morgan fingerprint density at radius 3 is 2.72 bits per heavy atom. The van der Waals surface area contributed by atoms with E-state index in [-0.39, 0.29) is 5.54 Å². The summed E-state index contributed by atoms with van der Waals surface area (Å²) in [5.74, 6) is 0. The minimum atomic E-state index is -0.459. The van der Waals surface area contributed by atoms with Gasteiger partial charge >= 0.3 is 0 Å². The molecule has 1 unspecified atom stereocenters. The zero-order valence-corrected chi connectivity index (χ0v) is 17.9. The van der Waals surface area contributed by atoms with Crippen LogP contribution in [0.1, 0.15) is 55.0 Å². The van der Waals surface area contributed by atoms with E-state index in [9.17, 15) is 5.11 Å². The van der Waals surface area contributed by atoms with Crippen molar-refractivity contribution in [2.45, 2.75) is 50.3 Å². The largest absolute Gasteiger partial charge is 0.387 e. The van der Waals surface area contributed by atoms with Crippen molar-refractivity contribution in [3.05, 3.63) is 76.0 Å². The van der Waals surface area contributed by atoms with Gasteiger partial charge in [-0.1, -0.05) is 70.7 Å². The monoisotopic (exact) mass is 452 g/mol. The molecule has 2 aromatic carbocycles. The Bertz CT molecular complexity index is 1010. The molecule has 0 saturated heterocycles. The number of hydrogen-bond donors (Lipinski definition) is 1. The fraction of sp³-hybridized carbons (Fsp3) is 0.391. The van der Waals surface area contributed by atoms with E-state index < -0.39 is 6.10 Å². The van der Waals surface area contributed by atoms with Gasteiger partial charge in [-0.05, 0) is 42.2 Å². The van der Waals surface area contributed by atoms with Crippen molar-refractivity contribution >= 4 is 15.9 Å². The maximum absolute atomic E-state index is 10.8. The summed E-state index contributed by atoms with van der Waals surface area (Å²) in [5.41, 5.74) is 4.31. The summed E-state index contributed by atoms with van der Waals surface area (Å²) < 4.78 is 2.84. The minimum Gasteiger partial charge on any atom is -0.387 e. The third-order valence-electron chi connectivity index (χ3n) is 6.47. The lowest BCUT2D eigenvalue weighted by Gasteiger charge is -2.51. The van der Waals surface area contributed by atoms with E-state index in [0.29, 0.717) is 13.1 Å². The maximum Gasteiger partial charge on any atom is 0.0972 e. The number of aromatic nitrogens is 3. The first-order chi connectivity index (χ1) is 14.2. The first-order valence-corrected chi connectivity index (χ1v) is 11.1. The lowest BCUT2D eigenvalue weighted by atomic mass is 9.70. The first-order valence-electron chi connectivity index (χ1n) is 10.4. The smallest absolute Gasteiger partial charge is 0.0972 e. The Balaban J connectivity index is 1.47. The quantitative estimate of drug-likeness (QED) is 0.623. The van der Waals surface area contributed by atoms with Crippen LogP contribution in [0.2, 0.25) is 0 Å². The molecule has 0 radical (unpaired) electrons. The molecule has 0 amide bonds. The van der Waals surface area contributed by atoms with Crippen LogP contribution < -0.4 is 0 Å². The van der Waals surface area contributed by atoms with E-state index in [2.05, 4.69) is 49.3 Å². The molecule has 1 fully saturated rings. The summed E-state index contributed by atoms with van der Waals surface area (Å²) in [5, 5.41) is 19.6. The average molecular weight is 453 g/mol. The van der Waals surface area contributed by atoms with Crippen LogP contribution in [0.3, 0.4) is 0 Å². The second-order valence-electron chi connectivity index (χ2n) is 8.21. The zero-order valence-electron chi connectivity index (χ0n) is 16.3. The number of fused-ring (bicyclic) bond motifs is 2. The predicted molar refractivity (Wildman–Crippen MR) is 116 cm³/mol. The molecule has 1 aliphatic heterocycles. The second-order valence-corrected chi connectivity index (χ2v) is 9.13. The number of halogens is 1. The van der Waals surface area contributed by atoms with Crippen LogP contribution in [0.4, 0.5) is 0 Å². The van der Waals surface area contributed by atoms with Gasteiger partial charge in [0, 0.05) is 23.1 Å². The highest BCUT2D eigenvalue weighted by Crippen LogP contribution is 2.48. The van der Waals surface area contributed by atoms with Gasteiger partial charge in [0.2, 0.25) is 0 Å². The van der Waals surface area contributed by atoms with Crippen molar-refractivity contribution in [3.8, 4) is 5.69 Å². The Morgan fingerprint density at radius 2 is 1.90 bits per heavy atom. The summed E-state index contributed by atoms with van der Waals surface area (Å²) in [7, 11) is 0. The summed E-state index contributed by atoms with van der Waals surface area (Å²) in [6, 6.07) is 16.5. The first kappa shape index (κ1) is 19.0. The molecule has 2 aliphatic rings. The van der Waals surface area contributed by atoms with Crippen molar-refractivity contribution in [1.29, 1.82) is 0 Å². The fourth-order valence-corrected chi connectivity index (χ4v) is 5.50. The third-order valence-corrected chi connectivity index (χ3v) is 6.96. The van der Waals surface area contributed by atoms with Crippen molar-refractivity contribution in [1.82, 2.24) is 19.9 Å². The SMILES string of the molecule is OC1CN(Cc2cn(-c3cccc(Br)c3)nn2)C2(CCCCC2)c2ccccc21. The van der Waals surface area contributed by atoms with E-state index >= 15 is 0 Å². The zero-order chi connectivity index (χ0) is 19.8. The van der Waals surface area contributed by atoms with Crippen LogP contribution in [0.5, 0.6) is 0 Å². The number of nitrogens with zero attached hydrogens (tertiary/aromatic N) is 4. The van der Waals surface area contributed by atoms with Gasteiger partial charge in [-0.2, -0.15) is 0 Å². The number of aliphatic hydroxyl groups excluding tert-OH is 1. The molecule has 5 nitrogen and oxygen atoms in total. The molecule has 150 valence electrons. The number of hydrogen-bond acceptors (Lipinski definition) is 4. The minimum absolute atomic E-state index is 0.00632. The number of β-amino-alcohol motifs (C(OH)–C–C–N with tert-alkyl or cyclic N) is 1. The van der Waals surface area contributed by atoms with E-state index in [1.54, 1.807) is 0 Å². The standard InChI is InChI=1S/C23H25BrN4O/c24-17-7-6-8-19(13-17)28-15-18(25-26-28)14-27-16-22(29)20-9-2-3-10-21(20)23(27)11-4-1-5-12-23/h2-3,6-10,13,15,22,29H,1,4-5,11-12,14,16H2. The molecule has 1 saturated carbocycles. The van der Waals surface area contributed by atoms with Gasteiger partial charge in [-0.3, -0.25) is 4.90 Å². The fourth-order valence-electron chi connectivity index (χ4n) is 5.11. The third kappa shape index (κ3) is 3.43. The van der Waals surface area contributed by atoms with Gasteiger partial charge in [-0.15, -0.1) is 5.10 Å². The number of aliphatic hydroxyl groups is 1. The maximum atomic E-state index is 10.8. The molecule has 1 spiro atoms. The van der Waals surface area contributed by atoms with E-state index in [1.165, 1.54) is 24.8 Å². The summed E-state index contributed by atoms with van der Waals surface area (Å²) in [6.07, 6.45) is 7.56. The van der Waals surface area contributed by atoms with E-state index in [1.807, 2.05) is 41.2 Å². The van der Waals surface area contributed by atoms with Gasteiger partial charge in [0.25, 0.3) is 0 Å². The lowest BCUT2D eigenvalue weighted by Crippen LogP contribution is -2.52. The van der Waals surface area contributed by atoms with Gasteiger partial charge in [0.05, 0.1) is 23.7 Å². The number of rotatable bonds is 3. The molecule has 2 heterocycles. The molecule has 5 rings (SSSR count). The molecular weight excluding hydrogens is 428 g/mol. The average Bonchev–Trinajstić information content (AvgIpc) is 3.22. The highest BCUT2D eigenvalue weighted by atomic mass is 79.9. The molecule has 1 aromatic heterocycles. The molecular formula is C23H25BrN4O. The van der Waals surface area contributed by atoms with Crippen molar-refractivity contribution < 1.29 is 5.11 Å². The van der Waals surface area contributed by atoms with Gasteiger partial charge < -0.3 is 5.11 Å².